The molecule has 0 spiro atoms. The van der Waals surface area contributed by atoms with Gasteiger partial charge in [-0.05, 0) is 104 Å². The second kappa shape index (κ2) is 18.0. The number of nitrogens with zero attached hydrogens (tertiary/aromatic N) is 10. The first-order valence-corrected chi connectivity index (χ1v) is 22.7. The van der Waals surface area contributed by atoms with Crippen LogP contribution in [0.3, 0.4) is 0 Å². The number of benzene rings is 3. The number of para-hydroxylation sites is 1. The molecule has 0 saturated carbocycles. The van der Waals surface area contributed by atoms with E-state index in [-0.39, 0.29) is 29.5 Å². The van der Waals surface area contributed by atoms with Crippen LogP contribution in [-0.4, -0.2) is 90.1 Å². The van der Waals surface area contributed by atoms with Crippen LogP contribution >= 0.6 is 0 Å². The third kappa shape index (κ3) is 8.09. The van der Waals surface area contributed by atoms with E-state index in [1.54, 1.807) is 35.4 Å². The van der Waals surface area contributed by atoms with E-state index in [2.05, 4.69) is 38.5 Å². The lowest BCUT2D eigenvalue weighted by Gasteiger charge is -2.32. The van der Waals surface area contributed by atoms with Gasteiger partial charge in [-0.25, -0.2) is 23.8 Å². The predicted octanol–water partition coefficient (Wildman–Crippen LogP) is 6.62. The molecule has 67 heavy (non-hydrogen) atoms. The highest BCUT2D eigenvalue weighted by molar-refractivity contribution is 6.06. The van der Waals surface area contributed by atoms with Crippen LogP contribution in [-0.2, 0) is 36.6 Å². The topological polar surface area (TPSA) is 175 Å². The van der Waals surface area contributed by atoms with Gasteiger partial charge in [-0.15, -0.1) is 5.10 Å². The zero-order valence-corrected chi connectivity index (χ0v) is 37.9. The summed E-state index contributed by atoms with van der Waals surface area (Å²) in [5.74, 6) is 1.12. The molecule has 3 saturated heterocycles. The molecule has 4 amide bonds. The Labute approximate surface area is 386 Å². The Hall–Kier alpha value is -7.66. The summed E-state index contributed by atoms with van der Waals surface area (Å²) in [4.78, 5) is 66.6. The number of amides is 4. The van der Waals surface area contributed by atoms with Crippen molar-refractivity contribution < 1.29 is 23.9 Å². The number of likely N-dealkylation sites (tertiary alicyclic amines) is 1. The highest BCUT2D eigenvalue weighted by atomic mass is 16.5. The number of hydrogen-bond acceptors (Lipinski definition) is 11. The van der Waals surface area contributed by atoms with E-state index in [1.165, 1.54) is 21.9 Å². The summed E-state index contributed by atoms with van der Waals surface area (Å²) >= 11 is 0. The Kier molecular flexibility index (Phi) is 11.6. The summed E-state index contributed by atoms with van der Waals surface area (Å²) in [5, 5.41) is 12.5. The van der Waals surface area contributed by atoms with Crippen LogP contribution in [0.4, 0.5) is 16.3 Å². The smallest absolute Gasteiger partial charge is 0.353 e. The van der Waals surface area contributed by atoms with Crippen LogP contribution in [0.1, 0.15) is 66.8 Å². The highest BCUT2D eigenvalue weighted by Gasteiger charge is 2.35. The van der Waals surface area contributed by atoms with Crippen molar-refractivity contribution in [2.75, 3.05) is 43.1 Å². The van der Waals surface area contributed by atoms with Crippen molar-refractivity contribution >= 4 is 40.3 Å². The van der Waals surface area contributed by atoms with E-state index >= 15 is 0 Å². The molecule has 3 aliphatic heterocycles. The van der Waals surface area contributed by atoms with Crippen molar-refractivity contribution in [1.82, 2.24) is 44.3 Å². The first-order chi connectivity index (χ1) is 32.6. The number of urea groups is 1. The van der Waals surface area contributed by atoms with Crippen LogP contribution in [0.5, 0.6) is 17.5 Å². The van der Waals surface area contributed by atoms with E-state index < -0.39 is 5.92 Å². The number of fused-ring (bicyclic) bond motifs is 1. The van der Waals surface area contributed by atoms with Crippen molar-refractivity contribution in [3.63, 3.8) is 0 Å². The molecule has 4 aromatic heterocycles. The molecule has 0 bridgehead atoms. The summed E-state index contributed by atoms with van der Waals surface area (Å²) in [6, 6.07) is 25.6. The summed E-state index contributed by atoms with van der Waals surface area (Å²) in [5.41, 5.74) is 7.51. The molecule has 7 heterocycles. The van der Waals surface area contributed by atoms with Gasteiger partial charge < -0.3 is 9.47 Å². The second-order valence-corrected chi connectivity index (χ2v) is 17.3. The van der Waals surface area contributed by atoms with E-state index in [1.807, 2.05) is 79.3 Å². The molecule has 342 valence electrons. The van der Waals surface area contributed by atoms with Crippen LogP contribution in [0, 0.1) is 0 Å². The number of carbonyl (C=O) groups is 3. The average Bonchev–Trinajstić information content (AvgIpc) is 4.00. The molecule has 1 unspecified atom stereocenters. The first-order valence-electron chi connectivity index (χ1n) is 22.7. The number of aromatic nitrogens is 7. The van der Waals surface area contributed by atoms with Crippen molar-refractivity contribution in [2.45, 2.75) is 57.4 Å². The Balaban J connectivity index is 0.888. The molecule has 17 nitrogen and oxygen atoms in total. The number of nitrogens with one attached hydrogen (secondary N) is 1. The Morgan fingerprint density at radius 3 is 2.34 bits per heavy atom. The maximum absolute atomic E-state index is 13.9. The van der Waals surface area contributed by atoms with Crippen molar-refractivity contribution in [2.24, 2.45) is 14.1 Å². The molecule has 0 aliphatic carbocycles. The van der Waals surface area contributed by atoms with Gasteiger partial charge in [-0.3, -0.25) is 39.3 Å². The fourth-order valence-electron chi connectivity index (χ4n) is 9.94. The molecule has 3 aliphatic rings. The van der Waals surface area contributed by atoms with E-state index in [4.69, 9.17) is 19.6 Å². The number of imide groups is 1. The fraction of sp³-hybridized carbons (Fsp3) is 0.320. The molecular weight excluding hydrogens is 851 g/mol. The normalized spacial score (nSPS) is 17.1. The van der Waals surface area contributed by atoms with Gasteiger partial charge >= 0.3 is 17.7 Å². The number of pyridine rings is 2. The molecule has 0 radical (unpaired) electrons. The van der Waals surface area contributed by atoms with E-state index in [0.29, 0.717) is 61.3 Å². The zero-order valence-electron chi connectivity index (χ0n) is 37.9. The molecule has 1 N–H and O–H groups in total. The van der Waals surface area contributed by atoms with Gasteiger partial charge in [-0.2, -0.15) is 5.10 Å². The van der Waals surface area contributed by atoms with Crippen LogP contribution in [0.25, 0.3) is 27.7 Å². The van der Waals surface area contributed by atoms with E-state index in [0.717, 1.165) is 77.0 Å². The quantitative estimate of drug-likeness (QED) is 0.131. The average molecular weight is 902 g/mol. The van der Waals surface area contributed by atoms with Crippen molar-refractivity contribution in [3.05, 3.63) is 130 Å². The highest BCUT2D eigenvalue weighted by Crippen LogP contribution is 2.41. The third-order valence-electron chi connectivity index (χ3n) is 13.3. The number of rotatable bonds is 12. The summed E-state index contributed by atoms with van der Waals surface area (Å²) in [7, 11) is 4.97. The molecular formula is C50H51N11O6. The van der Waals surface area contributed by atoms with Gasteiger partial charge in [0.15, 0.2) is 0 Å². The maximum atomic E-state index is 13.9. The lowest BCUT2D eigenvalue weighted by Crippen LogP contribution is -2.39. The number of piperidine rings is 2. The minimum Gasteiger partial charge on any atom is -0.467 e. The molecule has 17 heteroatoms. The first kappa shape index (κ1) is 43.2. The number of aryl methyl sites for hydroxylation is 2. The number of anilines is 2. The van der Waals surface area contributed by atoms with E-state index in [9.17, 15) is 19.2 Å². The summed E-state index contributed by atoms with van der Waals surface area (Å²) in [6.07, 6.45) is 8.42. The Morgan fingerprint density at radius 1 is 0.791 bits per heavy atom. The Bertz CT molecular complexity index is 3080. The molecule has 10 rings (SSSR count). The predicted molar refractivity (Wildman–Crippen MR) is 252 cm³/mol. The molecule has 1 atom stereocenters. The standard InChI is InChI=1S/C50H51N11O6/c1-5-37-38(19-23-52-46(37)60-27-26-59(50(60)65)35-9-7-22-51-29-35)39-16-13-34(61-48(66-4)55-57(3)49(61)64)28-42(39)67-36-14-11-31(12-15-36)32-20-24-58(25-21-32)30-33-8-6-10-40-44(54-56(2)45(33)40)41-17-18-43(62)53-47(41)63/h6-16,19,22-23,28-29,32,41H,5,17-18,20-21,24-27,30H2,1-4H3,(H,53,62,63). The van der Waals surface area contributed by atoms with Gasteiger partial charge in [0, 0.05) is 75.1 Å². The SMILES string of the molecule is CCc1c(-c2ccc(-n3c(OC)nn(C)c3=O)cc2Oc2ccc(C3CCN(Cc4cccc5c(C6CCC(=O)NC6=O)nn(C)c45)CC3)cc2)ccnc1N1CCN(c2cccnc2)C1=O. The Morgan fingerprint density at radius 2 is 1.60 bits per heavy atom. The van der Waals surface area contributed by atoms with Crippen molar-refractivity contribution in [3.8, 4) is 34.3 Å². The zero-order chi connectivity index (χ0) is 46.3. The summed E-state index contributed by atoms with van der Waals surface area (Å²) in [6.45, 7) is 5.61. The second-order valence-electron chi connectivity index (χ2n) is 17.3. The van der Waals surface area contributed by atoms with Crippen LogP contribution < -0.4 is 30.3 Å². The lowest BCUT2D eigenvalue weighted by molar-refractivity contribution is -0.134. The summed E-state index contributed by atoms with van der Waals surface area (Å²) < 4.78 is 16.8. The maximum Gasteiger partial charge on any atom is 0.353 e. The van der Waals surface area contributed by atoms with Crippen molar-refractivity contribution in [1.29, 1.82) is 0 Å². The van der Waals surface area contributed by atoms with Gasteiger partial charge in [-0.1, -0.05) is 37.3 Å². The lowest BCUT2D eigenvalue weighted by atomic mass is 9.89. The molecule has 3 aromatic carbocycles. The minimum atomic E-state index is -0.444. The number of ether oxygens (including phenoxy) is 2. The number of methoxy groups -OCH3 is 1. The van der Waals surface area contributed by atoms with Gasteiger partial charge in [0.1, 0.15) is 17.3 Å². The van der Waals surface area contributed by atoms with Crippen LogP contribution in [0.15, 0.2) is 102 Å². The van der Waals surface area contributed by atoms with Crippen LogP contribution in [0.2, 0.25) is 0 Å². The van der Waals surface area contributed by atoms with Gasteiger partial charge in [0.25, 0.3) is 0 Å². The van der Waals surface area contributed by atoms with Gasteiger partial charge in [0.05, 0.1) is 41.8 Å². The number of carbonyl (C=O) groups excluding carboxylic acids is 3. The minimum absolute atomic E-state index is 0.140. The molecule has 7 aromatic rings. The monoisotopic (exact) mass is 901 g/mol. The van der Waals surface area contributed by atoms with Gasteiger partial charge in [0.2, 0.25) is 11.8 Å². The molecule has 3 fully saturated rings. The largest absolute Gasteiger partial charge is 0.467 e. The fourth-order valence-corrected chi connectivity index (χ4v) is 9.94. The number of hydrogen-bond donors (Lipinski definition) is 1. The third-order valence-corrected chi connectivity index (χ3v) is 13.3.